The highest BCUT2D eigenvalue weighted by Crippen LogP contribution is 2.34. The van der Waals surface area contributed by atoms with Crippen molar-refractivity contribution < 1.29 is 31.9 Å². The standard InChI is InChI=1S/C20H17N3O8S2/c1-3-30-17-10-13(11-18-19(25)22-20(32-18)21-12(2)24)4-9-16(17)31-33(28,29)15-7-5-14(6-8-15)23(26)27/h4-11H,3H2,1-2H3,(H,21,22,24,25). The number of nitrogens with zero attached hydrogens (tertiary/aromatic N) is 2. The zero-order valence-corrected chi connectivity index (χ0v) is 18.9. The maximum Gasteiger partial charge on any atom is 0.339 e. The number of carbonyl (C=O) groups is 2. The molecule has 11 nitrogen and oxygen atoms in total. The molecular formula is C20H17N3O8S2. The Labute approximate surface area is 192 Å². The Bertz CT molecular complexity index is 1280. The molecule has 2 amide bonds. The van der Waals surface area contributed by atoms with Gasteiger partial charge in [0, 0.05) is 19.1 Å². The van der Waals surface area contributed by atoms with Crippen LogP contribution < -0.4 is 14.2 Å². The molecule has 0 aliphatic carbocycles. The van der Waals surface area contributed by atoms with E-state index in [9.17, 15) is 28.1 Å². The number of amidine groups is 1. The van der Waals surface area contributed by atoms with Crippen LogP contribution in [0.5, 0.6) is 11.5 Å². The lowest BCUT2D eigenvalue weighted by Crippen LogP contribution is -2.23. The Hall–Kier alpha value is -3.71. The van der Waals surface area contributed by atoms with E-state index in [0.29, 0.717) is 5.56 Å². The van der Waals surface area contributed by atoms with E-state index in [1.165, 1.54) is 31.2 Å². The average Bonchev–Trinajstić information content (AvgIpc) is 3.08. The second kappa shape index (κ2) is 9.83. The molecule has 172 valence electrons. The van der Waals surface area contributed by atoms with Gasteiger partial charge in [0.25, 0.3) is 11.6 Å². The number of ether oxygens (including phenoxy) is 1. The van der Waals surface area contributed by atoms with Crippen molar-refractivity contribution in [3.05, 3.63) is 63.0 Å². The molecule has 33 heavy (non-hydrogen) atoms. The number of non-ortho nitro benzene ring substituents is 1. The molecule has 3 rings (SSSR count). The Balaban J connectivity index is 1.85. The second-order valence-corrected chi connectivity index (χ2v) is 9.02. The van der Waals surface area contributed by atoms with Gasteiger partial charge in [-0.3, -0.25) is 19.7 Å². The van der Waals surface area contributed by atoms with Crippen LogP contribution in [-0.4, -0.2) is 36.9 Å². The van der Waals surface area contributed by atoms with Crippen LogP contribution in [0.2, 0.25) is 0 Å². The molecule has 0 radical (unpaired) electrons. The van der Waals surface area contributed by atoms with E-state index in [1.807, 2.05) is 0 Å². The van der Waals surface area contributed by atoms with Crippen LogP contribution in [0, 0.1) is 10.1 Å². The van der Waals surface area contributed by atoms with E-state index in [1.54, 1.807) is 6.92 Å². The lowest BCUT2D eigenvalue weighted by atomic mass is 10.2. The Morgan fingerprint density at radius 2 is 1.91 bits per heavy atom. The molecule has 1 aliphatic heterocycles. The van der Waals surface area contributed by atoms with Crippen LogP contribution in [0.4, 0.5) is 5.69 Å². The number of nitro benzene ring substituents is 1. The van der Waals surface area contributed by atoms with Gasteiger partial charge in [0.1, 0.15) is 4.90 Å². The molecule has 2 aromatic carbocycles. The van der Waals surface area contributed by atoms with Crippen LogP contribution in [0.3, 0.4) is 0 Å². The Morgan fingerprint density at radius 1 is 1.21 bits per heavy atom. The number of hydrogen-bond acceptors (Lipinski definition) is 9. The molecule has 0 aromatic heterocycles. The van der Waals surface area contributed by atoms with Gasteiger partial charge in [-0.2, -0.15) is 13.4 Å². The zero-order valence-electron chi connectivity index (χ0n) is 17.3. The molecule has 13 heteroatoms. The third-order valence-corrected chi connectivity index (χ3v) is 6.15. The monoisotopic (exact) mass is 491 g/mol. The molecular weight excluding hydrogens is 474 g/mol. The van der Waals surface area contributed by atoms with E-state index in [0.717, 1.165) is 36.0 Å². The maximum atomic E-state index is 12.6. The fraction of sp³-hybridized carbons (Fsp3) is 0.150. The topological polar surface area (TPSA) is 154 Å². The summed E-state index contributed by atoms with van der Waals surface area (Å²) >= 11 is 0.990. The van der Waals surface area contributed by atoms with E-state index >= 15 is 0 Å². The van der Waals surface area contributed by atoms with E-state index in [-0.39, 0.29) is 44.7 Å². The number of aliphatic imine (C=N–C) groups is 1. The number of benzene rings is 2. The summed E-state index contributed by atoms with van der Waals surface area (Å²) in [6, 6.07) is 8.62. The molecule has 0 spiro atoms. The number of hydrogen-bond donors (Lipinski definition) is 1. The number of amides is 2. The lowest BCUT2D eigenvalue weighted by molar-refractivity contribution is -0.384. The highest BCUT2D eigenvalue weighted by Gasteiger charge is 2.24. The van der Waals surface area contributed by atoms with Crippen molar-refractivity contribution in [1.29, 1.82) is 0 Å². The minimum atomic E-state index is -4.29. The van der Waals surface area contributed by atoms with Crippen LogP contribution in [0.15, 0.2) is 57.3 Å². The quantitative estimate of drug-likeness (QED) is 0.266. The summed E-state index contributed by atoms with van der Waals surface area (Å²) in [7, 11) is -4.29. The van der Waals surface area contributed by atoms with Gasteiger partial charge >= 0.3 is 10.1 Å². The predicted molar refractivity (Wildman–Crippen MR) is 120 cm³/mol. The number of thioether (sulfide) groups is 1. The Kier molecular flexibility index (Phi) is 7.13. The van der Waals surface area contributed by atoms with Crippen molar-refractivity contribution in [2.75, 3.05) is 6.61 Å². The minimum Gasteiger partial charge on any atom is -0.490 e. The molecule has 0 unspecified atom stereocenters. The first kappa shape index (κ1) is 23.9. The van der Waals surface area contributed by atoms with Crippen molar-refractivity contribution in [3.63, 3.8) is 0 Å². The third-order valence-electron chi connectivity index (χ3n) is 4.00. The molecule has 0 saturated heterocycles. The molecule has 0 atom stereocenters. The van der Waals surface area contributed by atoms with Crippen molar-refractivity contribution in [2.24, 2.45) is 4.99 Å². The first-order valence-electron chi connectivity index (χ1n) is 9.35. The van der Waals surface area contributed by atoms with E-state index < -0.39 is 20.9 Å². The van der Waals surface area contributed by atoms with Gasteiger partial charge in [0.2, 0.25) is 5.91 Å². The van der Waals surface area contributed by atoms with E-state index in [2.05, 4.69) is 10.3 Å². The van der Waals surface area contributed by atoms with E-state index in [4.69, 9.17) is 8.92 Å². The summed E-state index contributed by atoms with van der Waals surface area (Å²) < 4.78 is 35.9. The first-order valence-corrected chi connectivity index (χ1v) is 11.6. The van der Waals surface area contributed by atoms with Gasteiger partial charge in [-0.25, -0.2) is 0 Å². The molecule has 1 aliphatic rings. The summed E-state index contributed by atoms with van der Waals surface area (Å²) in [5.74, 6) is -0.874. The predicted octanol–water partition coefficient (Wildman–Crippen LogP) is 2.87. The number of rotatable bonds is 7. The Morgan fingerprint density at radius 3 is 2.52 bits per heavy atom. The van der Waals surface area contributed by atoms with Crippen LogP contribution in [0.25, 0.3) is 6.08 Å². The van der Waals surface area contributed by atoms with Crippen LogP contribution in [-0.2, 0) is 19.7 Å². The molecule has 1 N–H and O–H groups in total. The van der Waals surface area contributed by atoms with Crippen LogP contribution in [0.1, 0.15) is 19.4 Å². The summed E-state index contributed by atoms with van der Waals surface area (Å²) in [4.78, 5) is 37.1. The highest BCUT2D eigenvalue weighted by molar-refractivity contribution is 8.18. The second-order valence-electron chi connectivity index (χ2n) is 6.44. The van der Waals surface area contributed by atoms with Gasteiger partial charge in [-0.1, -0.05) is 6.07 Å². The number of nitrogens with one attached hydrogen (secondary N) is 1. The average molecular weight is 492 g/mol. The molecule has 0 fully saturated rings. The van der Waals surface area contributed by atoms with Crippen molar-refractivity contribution in [1.82, 2.24) is 5.32 Å². The highest BCUT2D eigenvalue weighted by atomic mass is 32.2. The third kappa shape index (κ3) is 5.96. The van der Waals surface area contributed by atoms with Gasteiger partial charge < -0.3 is 14.2 Å². The van der Waals surface area contributed by atoms with Crippen molar-refractivity contribution in [2.45, 2.75) is 18.7 Å². The smallest absolute Gasteiger partial charge is 0.339 e. The molecule has 2 aromatic rings. The van der Waals surface area contributed by atoms with Crippen molar-refractivity contribution >= 4 is 50.6 Å². The largest absolute Gasteiger partial charge is 0.490 e. The van der Waals surface area contributed by atoms with Gasteiger partial charge in [0.05, 0.1) is 16.4 Å². The minimum absolute atomic E-state index is 0.0991. The number of nitro groups is 1. The SMILES string of the molecule is CCOc1cc(C=C2SC(NC(C)=O)=NC2=O)ccc1OS(=O)(=O)c1ccc([N+](=O)[O-])cc1. The summed E-state index contributed by atoms with van der Waals surface area (Å²) in [6.07, 6.45) is 1.52. The number of carbonyl (C=O) groups excluding carboxylic acids is 2. The maximum absolute atomic E-state index is 12.6. The fourth-order valence-corrected chi connectivity index (χ4v) is 4.42. The first-order chi connectivity index (χ1) is 15.6. The summed E-state index contributed by atoms with van der Waals surface area (Å²) in [5, 5.41) is 13.4. The van der Waals surface area contributed by atoms with Gasteiger partial charge in [0.15, 0.2) is 16.7 Å². The molecule has 1 heterocycles. The normalized spacial score (nSPS) is 14.7. The van der Waals surface area contributed by atoms with Gasteiger partial charge in [-0.05, 0) is 54.6 Å². The van der Waals surface area contributed by atoms with Gasteiger partial charge in [-0.15, -0.1) is 0 Å². The van der Waals surface area contributed by atoms with Crippen LogP contribution >= 0.6 is 11.8 Å². The molecule has 0 bridgehead atoms. The zero-order chi connectivity index (χ0) is 24.2. The molecule has 0 saturated carbocycles. The fourth-order valence-electron chi connectivity index (χ4n) is 2.62. The lowest BCUT2D eigenvalue weighted by Gasteiger charge is -2.12. The van der Waals surface area contributed by atoms with Crippen molar-refractivity contribution in [3.8, 4) is 11.5 Å². The summed E-state index contributed by atoms with van der Waals surface area (Å²) in [6.45, 7) is 3.20. The summed E-state index contributed by atoms with van der Waals surface area (Å²) in [5.41, 5.74) is 0.250.